The van der Waals surface area contributed by atoms with Crippen molar-refractivity contribution in [1.29, 1.82) is 0 Å². The van der Waals surface area contributed by atoms with Gasteiger partial charge in [-0.1, -0.05) is 4.89 Å². The predicted molar refractivity (Wildman–Crippen MR) is 34.2 cm³/mol. The Morgan fingerprint density at radius 3 is 1.45 bits per heavy atom. The quantitative estimate of drug-likeness (QED) is 0.345. The lowest BCUT2D eigenvalue weighted by atomic mass is 9.98. The highest BCUT2D eigenvalue weighted by atomic mass is 19.4. The highest BCUT2D eigenvalue weighted by Gasteiger charge is 2.81. The average Bonchev–Trinajstić information content (AvgIpc) is 2.21. The van der Waals surface area contributed by atoms with E-state index in [0.29, 0.717) is 0 Å². The molecule has 0 aromatic carbocycles. The summed E-state index contributed by atoms with van der Waals surface area (Å²) in [7, 11) is 0. The summed E-state index contributed by atoms with van der Waals surface area (Å²) >= 11 is 0. The molecular weight excluding hydrogens is 326 g/mol. The van der Waals surface area contributed by atoms with Crippen LogP contribution in [0.15, 0.2) is 0 Å². The molecule has 0 bridgehead atoms. The predicted octanol–water partition coefficient (Wildman–Crippen LogP) is 2.38. The van der Waals surface area contributed by atoms with Crippen molar-refractivity contribution in [1.82, 2.24) is 0 Å². The molecule has 0 N–H and O–H groups in total. The van der Waals surface area contributed by atoms with E-state index in [9.17, 15) is 53.5 Å². The Morgan fingerprint density at radius 2 is 1.20 bits per heavy atom. The third-order valence-electron chi connectivity index (χ3n) is 1.56. The summed E-state index contributed by atoms with van der Waals surface area (Å²) in [6, 6.07) is -4.36. The molecule has 1 unspecified atom stereocenters. The maximum Gasteiger partial charge on any atom is 0.558 e. The van der Waals surface area contributed by atoms with Gasteiger partial charge in [-0.2, -0.15) is 26.3 Å². The Balaban J connectivity index is 5.47. The molecule has 0 aromatic rings. The molecule has 4 nitrogen and oxygen atoms in total. The van der Waals surface area contributed by atoms with E-state index < -0.39 is 36.1 Å². The molecule has 1 atom stereocenters. The van der Waals surface area contributed by atoms with Crippen LogP contribution in [0.2, 0.25) is 0 Å². The van der Waals surface area contributed by atoms with Crippen LogP contribution in [0.3, 0.4) is 0 Å². The van der Waals surface area contributed by atoms with Gasteiger partial charge in [0, 0.05) is 0 Å². The molecule has 0 saturated heterocycles. The van der Waals surface area contributed by atoms with Crippen LogP contribution in [0.4, 0.5) is 43.9 Å². The topological polar surface area (TPSA) is 52.6 Å². The molecule has 0 spiro atoms. The largest absolute Gasteiger partial charge is 0.558 e. The van der Waals surface area contributed by atoms with Crippen LogP contribution >= 0.6 is 0 Å². The monoisotopic (exact) mass is 326 g/mol. The third-order valence-corrected chi connectivity index (χ3v) is 1.56. The molecule has 0 aliphatic heterocycles. The first-order chi connectivity index (χ1) is 8.57. The second-order valence-electron chi connectivity index (χ2n) is 2.90. The summed E-state index contributed by atoms with van der Waals surface area (Å²) in [6.45, 7) is 0. The Hall–Kier alpha value is -1.60. The number of hydrogen-bond donors (Lipinski definition) is 0. The van der Waals surface area contributed by atoms with Gasteiger partial charge >= 0.3 is 36.1 Å². The van der Waals surface area contributed by atoms with Gasteiger partial charge in [0.05, 0.1) is 0 Å². The summed E-state index contributed by atoms with van der Waals surface area (Å²) in [6.07, 6.45) is -12.9. The molecule has 0 aromatic heterocycles. The van der Waals surface area contributed by atoms with E-state index in [2.05, 4.69) is 4.89 Å². The standard InChI is InChI=1S/C6F10O4/c7-1(17)3(8,5(11,12)13)4(9,10)2(18)19-20-6(14,15)16. The number of rotatable bonds is 4. The van der Waals surface area contributed by atoms with Gasteiger partial charge in [0.2, 0.25) is 0 Å². The van der Waals surface area contributed by atoms with E-state index in [1.807, 2.05) is 4.89 Å². The van der Waals surface area contributed by atoms with Crippen LogP contribution in [0.1, 0.15) is 0 Å². The lowest BCUT2D eigenvalue weighted by Gasteiger charge is -2.28. The van der Waals surface area contributed by atoms with E-state index >= 15 is 0 Å². The van der Waals surface area contributed by atoms with Gasteiger partial charge in [-0.05, 0) is 0 Å². The molecular formula is C6F10O4. The third kappa shape index (κ3) is 3.29. The molecule has 0 fully saturated rings. The van der Waals surface area contributed by atoms with Crippen molar-refractivity contribution >= 4 is 12.0 Å². The van der Waals surface area contributed by atoms with E-state index in [4.69, 9.17) is 0 Å². The van der Waals surface area contributed by atoms with Crippen molar-refractivity contribution < 1.29 is 63.3 Å². The molecule has 0 radical (unpaired) electrons. The minimum atomic E-state index is -6.96. The van der Waals surface area contributed by atoms with Crippen molar-refractivity contribution in [2.75, 3.05) is 0 Å². The van der Waals surface area contributed by atoms with Crippen LogP contribution in [0.25, 0.3) is 0 Å². The van der Waals surface area contributed by atoms with Crippen LogP contribution in [-0.4, -0.2) is 36.1 Å². The van der Waals surface area contributed by atoms with Gasteiger partial charge in [0.25, 0.3) is 0 Å². The summed E-state index contributed by atoms with van der Waals surface area (Å²) < 4.78 is 120. The van der Waals surface area contributed by atoms with Gasteiger partial charge in [-0.25, -0.2) is 9.18 Å². The van der Waals surface area contributed by atoms with Gasteiger partial charge in [0.1, 0.15) is 0 Å². The maximum absolute atomic E-state index is 12.8. The molecule has 0 aliphatic carbocycles. The van der Waals surface area contributed by atoms with Gasteiger partial charge < -0.3 is 0 Å². The van der Waals surface area contributed by atoms with Crippen LogP contribution < -0.4 is 0 Å². The van der Waals surface area contributed by atoms with Crippen molar-refractivity contribution in [2.45, 2.75) is 24.1 Å². The summed E-state index contributed by atoms with van der Waals surface area (Å²) in [4.78, 5) is 24.2. The maximum atomic E-state index is 12.8. The fourth-order valence-corrected chi connectivity index (χ4v) is 0.691. The average molecular weight is 326 g/mol. The van der Waals surface area contributed by atoms with Crippen molar-refractivity contribution in [3.8, 4) is 0 Å². The molecule has 0 amide bonds. The molecule has 0 rings (SSSR count). The molecule has 0 heterocycles. The molecule has 20 heavy (non-hydrogen) atoms. The fraction of sp³-hybridized carbons (Fsp3) is 0.667. The molecule has 14 heteroatoms. The number of alkyl halides is 9. The van der Waals surface area contributed by atoms with E-state index in [1.54, 1.807) is 0 Å². The lowest BCUT2D eigenvalue weighted by Crippen LogP contribution is -2.63. The number of carbonyl (C=O) groups is 2. The SMILES string of the molecule is O=C(OOC(F)(F)F)C(F)(F)C(F)(C(=O)F)C(F)(F)F. The smallest absolute Gasteiger partial charge is 0.283 e. The zero-order valence-electron chi connectivity index (χ0n) is 8.41. The van der Waals surface area contributed by atoms with Crippen molar-refractivity contribution in [2.24, 2.45) is 0 Å². The van der Waals surface area contributed by atoms with Crippen molar-refractivity contribution in [3.63, 3.8) is 0 Å². The Kier molecular flexibility index (Phi) is 4.66. The summed E-state index contributed by atoms with van der Waals surface area (Å²) in [5.74, 6) is -10.6. The zero-order valence-corrected chi connectivity index (χ0v) is 8.41. The van der Waals surface area contributed by atoms with E-state index in [-0.39, 0.29) is 0 Å². The molecule has 0 aliphatic rings. The highest BCUT2D eigenvalue weighted by molar-refractivity contribution is 5.91. The first kappa shape index (κ1) is 18.4. The Morgan fingerprint density at radius 1 is 0.800 bits per heavy atom. The fourth-order valence-electron chi connectivity index (χ4n) is 0.691. The van der Waals surface area contributed by atoms with Gasteiger partial charge in [0.15, 0.2) is 0 Å². The Labute approximate surface area is 101 Å². The second kappa shape index (κ2) is 5.06. The zero-order chi connectivity index (χ0) is 16.6. The van der Waals surface area contributed by atoms with Crippen molar-refractivity contribution in [3.05, 3.63) is 0 Å². The van der Waals surface area contributed by atoms with Crippen LogP contribution in [0, 0.1) is 0 Å². The normalized spacial score (nSPS) is 16.5. The van der Waals surface area contributed by atoms with E-state index in [0.717, 1.165) is 0 Å². The van der Waals surface area contributed by atoms with Gasteiger partial charge in [-0.15, -0.1) is 13.2 Å². The van der Waals surface area contributed by atoms with E-state index in [1.165, 1.54) is 0 Å². The Bertz CT molecular complexity index is 398. The number of carbonyl (C=O) groups excluding carboxylic acids is 2. The molecule has 118 valence electrons. The highest BCUT2D eigenvalue weighted by Crippen LogP contribution is 2.47. The summed E-state index contributed by atoms with van der Waals surface area (Å²) in [5.41, 5.74) is -6.73. The minimum Gasteiger partial charge on any atom is -0.283 e. The lowest BCUT2D eigenvalue weighted by molar-refractivity contribution is -0.467. The molecule has 0 saturated carbocycles. The number of halogens is 10. The first-order valence-corrected chi connectivity index (χ1v) is 3.87. The van der Waals surface area contributed by atoms with Gasteiger partial charge in [-0.3, -0.25) is 9.68 Å². The second-order valence-corrected chi connectivity index (χ2v) is 2.90. The van der Waals surface area contributed by atoms with Crippen LogP contribution in [0.5, 0.6) is 0 Å². The first-order valence-electron chi connectivity index (χ1n) is 3.87. The minimum absolute atomic E-state index is 1.97. The summed E-state index contributed by atoms with van der Waals surface area (Å²) in [5, 5.41) is 0. The van der Waals surface area contributed by atoms with Crippen LogP contribution in [-0.2, 0) is 19.4 Å². The number of hydrogen-bond acceptors (Lipinski definition) is 4.